The van der Waals surface area contributed by atoms with E-state index in [0.717, 1.165) is 5.56 Å². The lowest BCUT2D eigenvalue weighted by Gasteiger charge is -2.27. The molecule has 0 saturated heterocycles. The Morgan fingerprint density at radius 3 is 2.40 bits per heavy atom. The number of halogens is 1. The van der Waals surface area contributed by atoms with Crippen LogP contribution in [0, 0.1) is 5.82 Å². The van der Waals surface area contributed by atoms with Gasteiger partial charge in [-0.2, -0.15) is 5.10 Å². The van der Waals surface area contributed by atoms with Gasteiger partial charge in [0.15, 0.2) is 0 Å². The first-order chi connectivity index (χ1) is 9.32. The maximum atomic E-state index is 12.9. The molecule has 2 rings (SSSR count). The summed E-state index contributed by atoms with van der Waals surface area (Å²) in [7, 11) is 0. The molecule has 2 aromatic rings. The molecule has 1 atom stereocenters. The van der Waals surface area contributed by atoms with Crippen molar-refractivity contribution in [1.29, 1.82) is 0 Å². The van der Waals surface area contributed by atoms with Gasteiger partial charge in [-0.25, -0.2) is 4.39 Å². The molecule has 0 spiro atoms. The molecule has 1 aromatic carbocycles. The lowest BCUT2D eigenvalue weighted by atomic mass is 10.0. The van der Waals surface area contributed by atoms with Crippen LogP contribution in [0.25, 0.3) is 11.3 Å². The number of hydrogen-bond donors (Lipinski definition) is 2. The lowest BCUT2D eigenvalue weighted by Crippen LogP contribution is -2.32. The van der Waals surface area contributed by atoms with Gasteiger partial charge in [0.2, 0.25) is 0 Å². The molecule has 0 aliphatic heterocycles. The molecule has 108 valence electrons. The van der Waals surface area contributed by atoms with Crippen LogP contribution in [0.2, 0.25) is 0 Å². The Morgan fingerprint density at radius 1 is 1.30 bits per heavy atom. The summed E-state index contributed by atoms with van der Waals surface area (Å²) in [6.07, 6.45) is 0. The van der Waals surface area contributed by atoms with Crippen LogP contribution in [-0.4, -0.2) is 25.6 Å². The van der Waals surface area contributed by atoms with Crippen molar-refractivity contribution in [2.75, 3.05) is 0 Å². The molecule has 4 nitrogen and oxygen atoms in total. The summed E-state index contributed by atoms with van der Waals surface area (Å²) in [5.74, 6) is -0.305. The molecule has 0 saturated carbocycles. The molecule has 0 aliphatic carbocycles. The standard InChI is InChI=1S/C15H19FN2O2/c1-10(15(2,3)20)18-13(9-19)8-14(17-18)11-4-6-12(16)7-5-11/h4-8,10,19-20H,9H2,1-3H3. The monoisotopic (exact) mass is 278 g/mol. The van der Waals surface area contributed by atoms with Crippen molar-refractivity contribution in [1.82, 2.24) is 9.78 Å². The first-order valence-corrected chi connectivity index (χ1v) is 6.50. The van der Waals surface area contributed by atoms with E-state index >= 15 is 0 Å². The van der Waals surface area contributed by atoms with Gasteiger partial charge in [0.1, 0.15) is 5.82 Å². The fourth-order valence-electron chi connectivity index (χ4n) is 1.95. The fraction of sp³-hybridized carbons (Fsp3) is 0.400. The van der Waals surface area contributed by atoms with E-state index in [-0.39, 0.29) is 18.5 Å². The highest BCUT2D eigenvalue weighted by atomic mass is 19.1. The summed E-state index contributed by atoms with van der Waals surface area (Å²) in [6.45, 7) is 5.05. The minimum atomic E-state index is -0.962. The molecule has 0 aliphatic rings. The predicted octanol–water partition coefficient (Wildman–Crippen LogP) is 2.51. The van der Waals surface area contributed by atoms with Gasteiger partial charge in [-0.15, -0.1) is 0 Å². The fourth-order valence-corrected chi connectivity index (χ4v) is 1.95. The molecular weight excluding hydrogens is 259 g/mol. The topological polar surface area (TPSA) is 58.3 Å². The molecule has 1 heterocycles. The minimum absolute atomic E-state index is 0.172. The number of hydrogen-bond acceptors (Lipinski definition) is 3. The van der Waals surface area contributed by atoms with Gasteiger partial charge < -0.3 is 10.2 Å². The first-order valence-electron chi connectivity index (χ1n) is 6.50. The third-order valence-electron chi connectivity index (χ3n) is 3.50. The zero-order valence-electron chi connectivity index (χ0n) is 11.8. The zero-order valence-corrected chi connectivity index (χ0v) is 11.8. The van der Waals surface area contributed by atoms with E-state index in [4.69, 9.17) is 0 Å². The Kier molecular flexibility index (Phi) is 3.92. The summed E-state index contributed by atoms with van der Waals surface area (Å²) < 4.78 is 14.5. The molecule has 0 amide bonds. The Hall–Kier alpha value is -1.72. The van der Waals surface area contributed by atoms with E-state index in [0.29, 0.717) is 11.4 Å². The van der Waals surface area contributed by atoms with Crippen molar-refractivity contribution in [2.24, 2.45) is 0 Å². The first kappa shape index (κ1) is 14.7. The average molecular weight is 278 g/mol. The van der Waals surface area contributed by atoms with Crippen LogP contribution in [0.5, 0.6) is 0 Å². The van der Waals surface area contributed by atoms with E-state index < -0.39 is 5.60 Å². The van der Waals surface area contributed by atoms with Gasteiger partial charge in [-0.05, 0) is 51.1 Å². The van der Waals surface area contributed by atoms with Gasteiger partial charge in [0.25, 0.3) is 0 Å². The van der Waals surface area contributed by atoms with Crippen LogP contribution in [0.4, 0.5) is 4.39 Å². The van der Waals surface area contributed by atoms with Gasteiger partial charge in [0, 0.05) is 5.56 Å². The highest BCUT2D eigenvalue weighted by Gasteiger charge is 2.27. The van der Waals surface area contributed by atoms with Crippen molar-refractivity contribution in [3.8, 4) is 11.3 Å². The van der Waals surface area contributed by atoms with Crippen molar-refractivity contribution in [2.45, 2.75) is 39.0 Å². The van der Waals surface area contributed by atoms with Crippen molar-refractivity contribution >= 4 is 0 Å². The van der Waals surface area contributed by atoms with E-state index in [2.05, 4.69) is 5.10 Å². The van der Waals surface area contributed by atoms with Gasteiger partial charge in [-0.3, -0.25) is 4.68 Å². The van der Waals surface area contributed by atoms with Gasteiger partial charge in [0.05, 0.1) is 29.6 Å². The summed E-state index contributed by atoms with van der Waals surface area (Å²) in [5.41, 5.74) is 1.06. The van der Waals surface area contributed by atoms with E-state index in [9.17, 15) is 14.6 Å². The Labute approximate surface area is 117 Å². The summed E-state index contributed by atoms with van der Waals surface area (Å²) in [5, 5.41) is 23.9. The second-order valence-corrected chi connectivity index (χ2v) is 5.46. The second kappa shape index (κ2) is 5.34. The minimum Gasteiger partial charge on any atom is -0.390 e. The number of nitrogens with zero attached hydrogens (tertiary/aromatic N) is 2. The van der Waals surface area contributed by atoms with Crippen molar-refractivity contribution in [3.63, 3.8) is 0 Å². The Bertz CT molecular complexity index is 585. The number of rotatable bonds is 4. The SMILES string of the molecule is CC(n1nc(-c2ccc(F)cc2)cc1CO)C(C)(C)O. The maximum absolute atomic E-state index is 12.9. The smallest absolute Gasteiger partial charge is 0.123 e. The average Bonchev–Trinajstić information content (AvgIpc) is 2.81. The van der Waals surface area contributed by atoms with Crippen LogP contribution in [0.3, 0.4) is 0 Å². The molecule has 20 heavy (non-hydrogen) atoms. The van der Waals surface area contributed by atoms with E-state index in [1.165, 1.54) is 12.1 Å². The molecular formula is C15H19FN2O2. The summed E-state index contributed by atoms with van der Waals surface area (Å²) >= 11 is 0. The maximum Gasteiger partial charge on any atom is 0.123 e. The molecule has 2 N–H and O–H groups in total. The lowest BCUT2D eigenvalue weighted by molar-refractivity contribution is 0.0234. The van der Waals surface area contributed by atoms with Gasteiger partial charge in [-0.1, -0.05) is 0 Å². The number of benzene rings is 1. The molecule has 0 fully saturated rings. The number of aliphatic hydroxyl groups is 2. The highest BCUT2D eigenvalue weighted by molar-refractivity contribution is 5.59. The predicted molar refractivity (Wildman–Crippen MR) is 74.6 cm³/mol. The van der Waals surface area contributed by atoms with Crippen LogP contribution in [0.15, 0.2) is 30.3 Å². The summed E-state index contributed by atoms with van der Waals surface area (Å²) in [6, 6.07) is 7.46. The largest absolute Gasteiger partial charge is 0.390 e. The normalized spacial score (nSPS) is 13.5. The molecule has 5 heteroatoms. The number of aromatic nitrogens is 2. The quantitative estimate of drug-likeness (QED) is 0.903. The third kappa shape index (κ3) is 2.89. The van der Waals surface area contributed by atoms with Crippen molar-refractivity contribution < 1.29 is 14.6 Å². The Balaban J connectivity index is 2.43. The molecule has 0 radical (unpaired) electrons. The highest BCUT2D eigenvalue weighted by Crippen LogP contribution is 2.26. The van der Waals surface area contributed by atoms with E-state index in [1.54, 1.807) is 36.7 Å². The van der Waals surface area contributed by atoms with Crippen LogP contribution in [-0.2, 0) is 6.61 Å². The zero-order chi connectivity index (χ0) is 14.9. The molecule has 1 unspecified atom stereocenters. The third-order valence-corrected chi connectivity index (χ3v) is 3.50. The van der Waals surface area contributed by atoms with E-state index in [1.807, 2.05) is 6.92 Å². The Morgan fingerprint density at radius 2 is 1.90 bits per heavy atom. The number of aliphatic hydroxyl groups excluding tert-OH is 1. The van der Waals surface area contributed by atoms with Crippen LogP contribution >= 0.6 is 0 Å². The molecule has 0 bridgehead atoms. The van der Waals surface area contributed by atoms with Crippen molar-refractivity contribution in [3.05, 3.63) is 41.8 Å². The molecule has 1 aromatic heterocycles. The summed E-state index contributed by atoms with van der Waals surface area (Å²) in [4.78, 5) is 0. The second-order valence-electron chi connectivity index (χ2n) is 5.46. The van der Waals surface area contributed by atoms with Gasteiger partial charge >= 0.3 is 0 Å². The van der Waals surface area contributed by atoms with Crippen LogP contribution < -0.4 is 0 Å². The van der Waals surface area contributed by atoms with Crippen LogP contribution in [0.1, 0.15) is 32.5 Å².